The van der Waals surface area contributed by atoms with Crippen LogP contribution >= 0.6 is 0 Å². The number of carboxylic acids is 1. The summed E-state index contributed by atoms with van der Waals surface area (Å²) in [6, 6.07) is -1.05. The van der Waals surface area contributed by atoms with Gasteiger partial charge in [0.1, 0.15) is 11.6 Å². The van der Waals surface area contributed by atoms with Gasteiger partial charge in [-0.1, -0.05) is 0 Å². The van der Waals surface area contributed by atoms with Crippen molar-refractivity contribution in [2.45, 2.75) is 45.8 Å². The van der Waals surface area contributed by atoms with Gasteiger partial charge in [-0.25, -0.2) is 9.59 Å². The predicted octanol–water partition coefficient (Wildman–Crippen LogP) is 1.25. The number of aromatic nitrogens is 2. The first-order chi connectivity index (χ1) is 9.10. The molecule has 1 amide bonds. The molecule has 2 N–H and O–H groups in total. The van der Waals surface area contributed by atoms with Gasteiger partial charge in [0.2, 0.25) is 0 Å². The van der Waals surface area contributed by atoms with Crippen LogP contribution in [0.1, 0.15) is 32.0 Å². The second-order valence-corrected chi connectivity index (χ2v) is 5.62. The third kappa shape index (κ3) is 4.56. The number of aryl methyl sites for hydroxylation is 1. The van der Waals surface area contributed by atoms with Crippen molar-refractivity contribution in [3.8, 4) is 0 Å². The van der Waals surface area contributed by atoms with Crippen molar-refractivity contribution in [2.75, 3.05) is 0 Å². The highest BCUT2D eigenvalue weighted by molar-refractivity contribution is 5.80. The van der Waals surface area contributed by atoms with Gasteiger partial charge in [-0.3, -0.25) is 4.68 Å². The summed E-state index contributed by atoms with van der Waals surface area (Å²) in [4.78, 5) is 22.9. The number of aliphatic carboxylic acids is 1. The molecule has 0 spiro atoms. The summed E-state index contributed by atoms with van der Waals surface area (Å²) in [5.41, 5.74) is 0.968. The zero-order valence-corrected chi connectivity index (χ0v) is 12.4. The topological polar surface area (TPSA) is 93.4 Å². The Morgan fingerprint density at radius 1 is 1.50 bits per heavy atom. The maximum atomic E-state index is 11.6. The lowest BCUT2D eigenvalue weighted by molar-refractivity contribution is -0.139. The maximum Gasteiger partial charge on any atom is 0.408 e. The Kier molecular flexibility index (Phi) is 4.75. The Balaban J connectivity index is 2.73. The van der Waals surface area contributed by atoms with E-state index in [2.05, 4.69) is 10.4 Å². The highest BCUT2D eigenvalue weighted by atomic mass is 16.6. The Labute approximate surface area is 117 Å². The quantitative estimate of drug-likeness (QED) is 0.867. The van der Waals surface area contributed by atoms with Crippen LogP contribution in [0.25, 0.3) is 0 Å². The summed E-state index contributed by atoms with van der Waals surface area (Å²) < 4.78 is 6.71. The van der Waals surface area contributed by atoms with E-state index in [0.29, 0.717) is 0 Å². The van der Waals surface area contributed by atoms with Crippen LogP contribution in [-0.4, -0.2) is 38.6 Å². The van der Waals surface area contributed by atoms with Gasteiger partial charge in [-0.05, 0) is 33.3 Å². The van der Waals surface area contributed by atoms with Gasteiger partial charge < -0.3 is 15.2 Å². The van der Waals surface area contributed by atoms with E-state index >= 15 is 0 Å². The molecule has 1 rings (SSSR count). The van der Waals surface area contributed by atoms with E-state index in [1.165, 1.54) is 0 Å². The standard InChI is InChI=1S/C13H21N3O4/c1-8-9(7-14-16(8)5)6-10(11(17)18)15-12(19)20-13(2,3)4/h7,10H,6H2,1-5H3,(H,15,19)(H,17,18). The number of carbonyl (C=O) groups excluding carboxylic acids is 1. The molecular weight excluding hydrogens is 262 g/mol. The van der Waals surface area contributed by atoms with Crippen molar-refractivity contribution in [1.82, 2.24) is 15.1 Å². The molecule has 0 aliphatic rings. The second-order valence-electron chi connectivity index (χ2n) is 5.62. The van der Waals surface area contributed by atoms with E-state index in [1.54, 1.807) is 38.7 Å². The summed E-state index contributed by atoms with van der Waals surface area (Å²) in [6.45, 7) is 6.99. The first-order valence-corrected chi connectivity index (χ1v) is 6.30. The van der Waals surface area contributed by atoms with E-state index in [9.17, 15) is 14.7 Å². The van der Waals surface area contributed by atoms with Crippen molar-refractivity contribution in [1.29, 1.82) is 0 Å². The number of rotatable bonds is 4. The number of hydrogen-bond donors (Lipinski definition) is 2. The number of ether oxygens (including phenoxy) is 1. The van der Waals surface area contributed by atoms with Crippen molar-refractivity contribution < 1.29 is 19.4 Å². The second kappa shape index (κ2) is 5.94. The molecular formula is C13H21N3O4. The molecule has 0 aromatic carbocycles. The Morgan fingerprint density at radius 2 is 2.10 bits per heavy atom. The number of nitrogens with one attached hydrogen (secondary N) is 1. The van der Waals surface area contributed by atoms with Crippen LogP contribution in [0.3, 0.4) is 0 Å². The third-order valence-corrected chi connectivity index (χ3v) is 2.75. The number of alkyl carbamates (subject to hydrolysis) is 1. The Hall–Kier alpha value is -2.05. The summed E-state index contributed by atoms with van der Waals surface area (Å²) in [5.74, 6) is -1.11. The van der Waals surface area contributed by atoms with E-state index in [0.717, 1.165) is 11.3 Å². The highest BCUT2D eigenvalue weighted by Crippen LogP contribution is 2.11. The zero-order valence-electron chi connectivity index (χ0n) is 12.4. The molecule has 1 atom stereocenters. The minimum absolute atomic E-state index is 0.161. The molecule has 1 aromatic heterocycles. The van der Waals surface area contributed by atoms with Crippen LogP contribution in [0.2, 0.25) is 0 Å². The first-order valence-electron chi connectivity index (χ1n) is 6.30. The van der Waals surface area contributed by atoms with E-state index in [4.69, 9.17) is 4.74 Å². The van der Waals surface area contributed by atoms with Crippen molar-refractivity contribution >= 4 is 12.1 Å². The van der Waals surface area contributed by atoms with Gasteiger partial charge in [0.15, 0.2) is 0 Å². The molecule has 0 fully saturated rings. The van der Waals surface area contributed by atoms with Crippen LogP contribution in [0.4, 0.5) is 4.79 Å². The van der Waals surface area contributed by atoms with Crippen LogP contribution < -0.4 is 5.32 Å². The smallest absolute Gasteiger partial charge is 0.408 e. The lowest BCUT2D eigenvalue weighted by Gasteiger charge is -2.22. The molecule has 7 nitrogen and oxygen atoms in total. The Bertz CT molecular complexity index is 502. The van der Waals surface area contributed by atoms with Crippen LogP contribution in [0.15, 0.2) is 6.20 Å². The number of carbonyl (C=O) groups is 2. The predicted molar refractivity (Wildman–Crippen MR) is 72.4 cm³/mol. The highest BCUT2D eigenvalue weighted by Gasteiger charge is 2.25. The fraction of sp³-hybridized carbons (Fsp3) is 0.615. The molecule has 0 bridgehead atoms. The average Bonchev–Trinajstić information content (AvgIpc) is 2.57. The van der Waals surface area contributed by atoms with Gasteiger partial charge >= 0.3 is 12.1 Å². The normalized spacial score (nSPS) is 12.8. The molecule has 0 aliphatic heterocycles. The van der Waals surface area contributed by atoms with Gasteiger partial charge in [-0.15, -0.1) is 0 Å². The summed E-state index contributed by atoms with van der Waals surface area (Å²) >= 11 is 0. The molecule has 1 heterocycles. The van der Waals surface area contributed by atoms with Gasteiger partial charge in [0.05, 0.1) is 6.20 Å². The number of carboxylic acid groups (broad SMARTS) is 1. The zero-order chi connectivity index (χ0) is 15.5. The SMILES string of the molecule is Cc1c(CC(NC(=O)OC(C)(C)C)C(=O)O)cnn1C. The molecule has 1 aromatic rings. The monoisotopic (exact) mass is 283 g/mol. The van der Waals surface area contributed by atoms with Gasteiger partial charge in [0.25, 0.3) is 0 Å². The minimum atomic E-state index is -1.11. The van der Waals surface area contributed by atoms with Crippen molar-refractivity contribution in [3.63, 3.8) is 0 Å². The van der Waals surface area contributed by atoms with Gasteiger partial charge in [0, 0.05) is 19.2 Å². The summed E-state index contributed by atoms with van der Waals surface area (Å²) in [7, 11) is 1.77. The average molecular weight is 283 g/mol. The van der Waals surface area contributed by atoms with Crippen LogP contribution in [0.5, 0.6) is 0 Å². The lowest BCUT2D eigenvalue weighted by Crippen LogP contribution is -2.44. The van der Waals surface area contributed by atoms with Crippen LogP contribution in [0, 0.1) is 6.92 Å². The number of nitrogens with zero attached hydrogens (tertiary/aromatic N) is 2. The van der Waals surface area contributed by atoms with Crippen LogP contribution in [-0.2, 0) is 23.0 Å². The van der Waals surface area contributed by atoms with E-state index in [-0.39, 0.29) is 6.42 Å². The molecule has 1 unspecified atom stereocenters. The molecule has 0 aliphatic carbocycles. The summed E-state index contributed by atoms with van der Waals surface area (Å²) in [6.07, 6.45) is 1.02. The Morgan fingerprint density at radius 3 is 2.50 bits per heavy atom. The number of amides is 1. The molecule has 0 saturated carbocycles. The summed E-state index contributed by atoms with van der Waals surface area (Å²) in [5, 5.41) is 15.6. The molecule has 7 heteroatoms. The molecule has 0 radical (unpaired) electrons. The number of hydrogen-bond acceptors (Lipinski definition) is 4. The fourth-order valence-electron chi connectivity index (χ4n) is 1.61. The van der Waals surface area contributed by atoms with Crippen molar-refractivity contribution in [3.05, 3.63) is 17.5 Å². The minimum Gasteiger partial charge on any atom is -0.480 e. The maximum absolute atomic E-state index is 11.6. The lowest BCUT2D eigenvalue weighted by atomic mass is 10.1. The first kappa shape index (κ1) is 16.0. The van der Waals surface area contributed by atoms with E-state index in [1.807, 2.05) is 6.92 Å². The molecule has 20 heavy (non-hydrogen) atoms. The van der Waals surface area contributed by atoms with Crippen molar-refractivity contribution in [2.24, 2.45) is 7.05 Å². The third-order valence-electron chi connectivity index (χ3n) is 2.75. The molecule has 112 valence electrons. The van der Waals surface area contributed by atoms with Gasteiger partial charge in [-0.2, -0.15) is 5.10 Å². The fourth-order valence-corrected chi connectivity index (χ4v) is 1.61. The largest absolute Gasteiger partial charge is 0.480 e. The molecule has 0 saturated heterocycles. The van der Waals surface area contributed by atoms with E-state index < -0.39 is 23.7 Å².